The van der Waals surface area contributed by atoms with Crippen LogP contribution < -0.4 is 5.32 Å². The normalized spacial score (nSPS) is 12.1. The molecule has 0 aliphatic rings. The van der Waals surface area contributed by atoms with Crippen LogP contribution in [0.15, 0.2) is 21.2 Å². The van der Waals surface area contributed by atoms with Crippen LogP contribution in [0.4, 0.5) is 0 Å². The molecule has 1 aromatic heterocycles. The van der Waals surface area contributed by atoms with Gasteiger partial charge >= 0.3 is 0 Å². The third kappa shape index (κ3) is 4.79. The first kappa shape index (κ1) is 14.7. The van der Waals surface area contributed by atoms with Gasteiger partial charge in [-0.25, -0.2) is 0 Å². The summed E-state index contributed by atoms with van der Waals surface area (Å²) < 4.78 is 1.98. The van der Waals surface area contributed by atoms with Crippen LogP contribution in [0.1, 0.15) is 37.9 Å². The molecule has 0 spiro atoms. The van der Waals surface area contributed by atoms with E-state index < -0.39 is 0 Å². The highest BCUT2D eigenvalue weighted by atomic mass is 79.9. The average Bonchev–Trinajstić information content (AvgIpc) is 2.30. The summed E-state index contributed by atoms with van der Waals surface area (Å²) in [6.45, 7) is 3.12. The number of nitrogens with zero attached hydrogens (tertiary/aromatic N) is 1. The summed E-state index contributed by atoms with van der Waals surface area (Å²) in [4.78, 5) is 4.46. The standard InChI is InChI=1S/C13H16Br2N2/c1-3-5-6-12(16-7-4-2)13-11(15)8-10(14)9-17-13/h1,8-9,12,16H,4-7H2,2H3. The summed E-state index contributed by atoms with van der Waals surface area (Å²) in [5, 5.41) is 3.48. The molecule has 17 heavy (non-hydrogen) atoms. The highest BCUT2D eigenvalue weighted by molar-refractivity contribution is 9.11. The molecular weight excluding hydrogens is 344 g/mol. The number of rotatable bonds is 6. The van der Waals surface area contributed by atoms with Gasteiger partial charge in [-0.15, -0.1) is 12.3 Å². The van der Waals surface area contributed by atoms with Crippen LogP contribution in [0.3, 0.4) is 0 Å². The third-order valence-electron chi connectivity index (χ3n) is 2.38. The molecule has 92 valence electrons. The van der Waals surface area contributed by atoms with E-state index in [1.165, 1.54) is 0 Å². The van der Waals surface area contributed by atoms with Crippen molar-refractivity contribution in [1.82, 2.24) is 10.3 Å². The molecule has 0 aromatic carbocycles. The van der Waals surface area contributed by atoms with Crippen molar-refractivity contribution < 1.29 is 0 Å². The lowest BCUT2D eigenvalue weighted by atomic mass is 10.1. The third-order valence-corrected chi connectivity index (χ3v) is 3.45. The van der Waals surface area contributed by atoms with Gasteiger partial charge in [0.1, 0.15) is 0 Å². The Balaban J connectivity index is 2.83. The van der Waals surface area contributed by atoms with Crippen molar-refractivity contribution in [3.8, 4) is 12.3 Å². The van der Waals surface area contributed by atoms with Crippen molar-refractivity contribution >= 4 is 31.9 Å². The number of aromatic nitrogens is 1. The van der Waals surface area contributed by atoms with Crippen LogP contribution in [0.5, 0.6) is 0 Å². The van der Waals surface area contributed by atoms with Crippen LogP contribution in [-0.4, -0.2) is 11.5 Å². The fourth-order valence-electron chi connectivity index (χ4n) is 1.56. The summed E-state index contributed by atoms with van der Waals surface area (Å²) in [5.74, 6) is 2.68. The van der Waals surface area contributed by atoms with E-state index >= 15 is 0 Å². The molecule has 1 unspecified atom stereocenters. The lowest BCUT2D eigenvalue weighted by Crippen LogP contribution is -2.23. The smallest absolute Gasteiger partial charge is 0.0716 e. The Morgan fingerprint density at radius 2 is 2.29 bits per heavy atom. The number of halogens is 2. The molecule has 0 aliphatic heterocycles. The van der Waals surface area contributed by atoms with Crippen LogP contribution in [0.2, 0.25) is 0 Å². The number of hydrogen-bond donors (Lipinski definition) is 1. The summed E-state index contributed by atoms with van der Waals surface area (Å²) >= 11 is 6.95. The summed E-state index contributed by atoms with van der Waals surface area (Å²) in [5.41, 5.74) is 1.02. The van der Waals surface area contributed by atoms with Gasteiger partial charge in [-0.1, -0.05) is 6.92 Å². The minimum absolute atomic E-state index is 0.216. The molecule has 0 amide bonds. The fourth-order valence-corrected chi connectivity index (χ4v) is 2.83. The van der Waals surface area contributed by atoms with E-state index in [2.05, 4.69) is 55.0 Å². The molecule has 2 nitrogen and oxygen atoms in total. The maximum absolute atomic E-state index is 5.33. The van der Waals surface area contributed by atoms with Gasteiger partial charge in [0.25, 0.3) is 0 Å². The minimum Gasteiger partial charge on any atom is -0.309 e. The number of terminal acetylenes is 1. The molecule has 0 aliphatic carbocycles. The molecule has 0 saturated heterocycles. The second-order valence-electron chi connectivity index (χ2n) is 3.77. The van der Waals surface area contributed by atoms with Gasteiger partial charge < -0.3 is 5.32 Å². The van der Waals surface area contributed by atoms with Crippen molar-refractivity contribution in [1.29, 1.82) is 0 Å². The van der Waals surface area contributed by atoms with Gasteiger partial charge in [0.2, 0.25) is 0 Å². The highest BCUT2D eigenvalue weighted by Crippen LogP contribution is 2.27. The first-order valence-electron chi connectivity index (χ1n) is 5.66. The van der Waals surface area contributed by atoms with Gasteiger partial charge in [0.15, 0.2) is 0 Å². The lowest BCUT2D eigenvalue weighted by molar-refractivity contribution is 0.493. The fraction of sp³-hybridized carbons (Fsp3) is 0.462. The van der Waals surface area contributed by atoms with Crippen molar-refractivity contribution in [3.05, 3.63) is 26.9 Å². The Morgan fingerprint density at radius 1 is 1.53 bits per heavy atom. The minimum atomic E-state index is 0.216. The Morgan fingerprint density at radius 3 is 2.88 bits per heavy atom. The highest BCUT2D eigenvalue weighted by Gasteiger charge is 2.14. The van der Waals surface area contributed by atoms with Gasteiger partial charge in [-0.05, 0) is 57.3 Å². The maximum Gasteiger partial charge on any atom is 0.0716 e. The van der Waals surface area contributed by atoms with Gasteiger partial charge in [-0.3, -0.25) is 4.98 Å². The van der Waals surface area contributed by atoms with Gasteiger partial charge in [-0.2, -0.15) is 0 Å². The second-order valence-corrected chi connectivity index (χ2v) is 5.54. The average molecular weight is 360 g/mol. The van der Waals surface area contributed by atoms with Crippen molar-refractivity contribution in [2.75, 3.05) is 6.54 Å². The molecular formula is C13H16Br2N2. The number of pyridine rings is 1. The quantitative estimate of drug-likeness (QED) is 0.774. The SMILES string of the molecule is C#CCCC(NCCC)c1ncc(Br)cc1Br. The van der Waals surface area contributed by atoms with E-state index in [0.717, 1.165) is 40.4 Å². The Bertz CT molecular complexity index is 399. The summed E-state index contributed by atoms with van der Waals surface area (Å²) in [7, 11) is 0. The molecule has 1 rings (SSSR count). The lowest BCUT2D eigenvalue weighted by Gasteiger charge is -2.18. The Hall–Kier alpha value is -0.370. The zero-order valence-corrected chi connectivity index (χ0v) is 13.0. The number of nitrogens with one attached hydrogen (secondary N) is 1. The molecule has 0 fully saturated rings. The molecule has 0 saturated carbocycles. The first-order valence-corrected chi connectivity index (χ1v) is 7.25. The van der Waals surface area contributed by atoms with Crippen molar-refractivity contribution in [3.63, 3.8) is 0 Å². The largest absolute Gasteiger partial charge is 0.309 e. The molecule has 0 bridgehead atoms. The van der Waals surface area contributed by atoms with E-state index in [1.807, 2.05) is 12.3 Å². The molecule has 1 aromatic rings. The maximum atomic E-state index is 5.33. The summed E-state index contributed by atoms with van der Waals surface area (Å²) in [6.07, 6.45) is 9.90. The predicted octanol–water partition coefficient (Wildman–Crippen LogP) is 4.06. The first-order chi connectivity index (χ1) is 8.19. The number of hydrogen-bond acceptors (Lipinski definition) is 2. The molecule has 1 atom stereocenters. The monoisotopic (exact) mass is 358 g/mol. The zero-order chi connectivity index (χ0) is 12.7. The van der Waals surface area contributed by atoms with E-state index in [4.69, 9.17) is 6.42 Å². The van der Waals surface area contributed by atoms with E-state index in [-0.39, 0.29) is 6.04 Å². The van der Waals surface area contributed by atoms with E-state index in [9.17, 15) is 0 Å². The van der Waals surface area contributed by atoms with Gasteiger partial charge in [0, 0.05) is 21.6 Å². The van der Waals surface area contributed by atoms with Crippen LogP contribution in [-0.2, 0) is 0 Å². The van der Waals surface area contributed by atoms with Gasteiger partial charge in [0.05, 0.1) is 11.7 Å². The van der Waals surface area contributed by atoms with E-state index in [1.54, 1.807) is 0 Å². The molecule has 4 heteroatoms. The topological polar surface area (TPSA) is 24.9 Å². The molecule has 0 radical (unpaired) electrons. The van der Waals surface area contributed by atoms with Crippen molar-refractivity contribution in [2.24, 2.45) is 0 Å². The Labute approximate surface area is 120 Å². The summed E-state index contributed by atoms with van der Waals surface area (Å²) in [6, 6.07) is 2.23. The predicted molar refractivity (Wildman–Crippen MR) is 78.7 cm³/mol. The zero-order valence-electron chi connectivity index (χ0n) is 9.84. The second kappa shape index (κ2) is 7.86. The van der Waals surface area contributed by atoms with Crippen LogP contribution >= 0.6 is 31.9 Å². The van der Waals surface area contributed by atoms with Crippen LogP contribution in [0, 0.1) is 12.3 Å². The Kier molecular flexibility index (Phi) is 6.79. The van der Waals surface area contributed by atoms with Crippen molar-refractivity contribution in [2.45, 2.75) is 32.2 Å². The molecule has 1 heterocycles. The van der Waals surface area contributed by atoms with E-state index in [0.29, 0.717) is 0 Å². The molecule has 1 N–H and O–H groups in total. The van der Waals surface area contributed by atoms with Crippen LogP contribution in [0.25, 0.3) is 0 Å².